The second kappa shape index (κ2) is 15.6. The number of aliphatic imine (C=N–C) groups is 1. The van der Waals surface area contributed by atoms with Gasteiger partial charge in [0.15, 0.2) is 5.96 Å². The lowest BCUT2D eigenvalue weighted by molar-refractivity contribution is 0.223. The van der Waals surface area contributed by atoms with Gasteiger partial charge in [-0.2, -0.15) is 11.8 Å². The first-order valence-corrected chi connectivity index (χ1v) is 10.00. The largest absolute Gasteiger partial charge is 0.492 e. The molecule has 0 radical (unpaired) electrons. The number of rotatable bonds is 11. The number of halogens is 1. The Morgan fingerprint density at radius 3 is 2.40 bits per heavy atom. The fourth-order valence-electron chi connectivity index (χ4n) is 2.21. The molecule has 1 rings (SSSR count). The van der Waals surface area contributed by atoms with Gasteiger partial charge in [0.1, 0.15) is 12.4 Å². The smallest absolute Gasteiger partial charge is 0.191 e. The first-order chi connectivity index (χ1) is 11.7. The van der Waals surface area contributed by atoms with Gasteiger partial charge >= 0.3 is 0 Å². The van der Waals surface area contributed by atoms with Crippen LogP contribution < -0.4 is 15.4 Å². The highest BCUT2D eigenvalue weighted by Crippen LogP contribution is 2.12. The van der Waals surface area contributed by atoms with Crippen LogP contribution in [0.3, 0.4) is 0 Å². The quantitative estimate of drug-likeness (QED) is 0.221. The van der Waals surface area contributed by atoms with Crippen molar-refractivity contribution in [1.29, 1.82) is 0 Å². The molecule has 0 spiro atoms. The van der Waals surface area contributed by atoms with Crippen LogP contribution in [0.25, 0.3) is 0 Å². The monoisotopic (exact) mass is 480 g/mol. The minimum Gasteiger partial charge on any atom is -0.492 e. The predicted octanol–water partition coefficient (Wildman–Crippen LogP) is 3.05. The van der Waals surface area contributed by atoms with Gasteiger partial charge in [-0.15, -0.1) is 24.0 Å². The van der Waals surface area contributed by atoms with Crippen molar-refractivity contribution in [3.63, 3.8) is 0 Å². The van der Waals surface area contributed by atoms with Crippen molar-refractivity contribution >= 4 is 41.7 Å². The van der Waals surface area contributed by atoms with Crippen LogP contribution in [0.4, 0.5) is 0 Å². The highest BCUT2D eigenvalue weighted by atomic mass is 127. The number of thioether (sulfide) groups is 1. The number of ether oxygens (including phenoxy) is 1. The molecule has 0 amide bonds. The molecule has 0 aliphatic carbocycles. The third-order valence-electron chi connectivity index (χ3n) is 3.78. The lowest BCUT2D eigenvalue weighted by atomic mass is 10.2. The van der Waals surface area contributed by atoms with Crippen molar-refractivity contribution in [3.8, 4) is 5.75 Å². The van der Waals surface area contributed by atoms with E-state index < -0.39 is 0 Å². The minimum absolute atomic E-state index is 0. The molecule has 0 fully saturated rings. The zero-order valence-corrected chi connectivity index (χ0v) is 19.0. The molecule has 5 nitrogen and oxygen atoms in total. The first kappa shape index (κ1) is 24.3. The fourth-order valence-corrected chi connectivity index (χ4v) is 2.52. The topological polar surface area (TPSA) is 48.9 Å². The standard InChI is InChI=1S/C18H32N4OS.HI/c1-5-22(6-2)12-13-23-17-9-7-16(8-10-17)15-21-18(19-3)20-11-14-24-4;/h7-10H,5-6,11-15H2,1-4H3,(H2,19,20,21);1H. The number of guanidine groups is 1. The summed E-state index contributed by atoms with van der Waals surface area (Å²) in [5.74, 6) is 2.83. The Labute approximate surface area is 174 Å². The number of nitrogens with zero attached hydrogens (tertiary/aromatic N) is 2. The van der Waals surface area contributed by atoms with E-state index in [0.29, 0.717) is 0 Å². The average Bonchev–Trinajstić information content (AvgIpc) is 2.63. The van der Waals surface area contributed by atoms with E-state index in [0.717, 1.165) is 56.8 Å². The van der Waals surface area contributed by atoms with Crippen LogP contribution in [-0.4, -0.2) is 62.7 Å². The van der Waals surface area contributed by atoms with Crippen molar-refractivity contribution in [1.82, 2.24) is 15.5 Å². The summed E-state index contributed by atoms with van der Waals surface area (Å²) in [5.41, 5.74) is 1.21. The summed E-state index contributed by atoms with van der Waals surface area (Å²) in [4.78, 5) is 6.58. The average molecular weight is 480 g/mol. The van der Waals surface area contributed by atoms with Gasteiger partial charge in [-0.3, -0.25) is 4.99 Å². The molecule has 2 N–H and O–H groups in total. The van der Waals surface area contributed by atoms with Gasteiger partial charge < -0.3 is 20.3 Å². The van der Waals surface area contributed by atoms with Crippen LogP contribution in [-0.2, 0) is 6.54 Å². The SMILES string of the molecule is CCN(CC)CCOc1ccc(CNC(=NC)NCCSC)cc1.I. The highest BCUT2D eigenvalue weighted by molar-refractivity contribution is 14.0. The van der Waals surface area contributed by atoms with Gasteiger partial charge in [0.2, 0.25) is 0 Å². The van der Waals surface area contributed by atoms with E-state index in [-0.39, 0.29) is 24.0 Å². The summed E-state index contributed by atoms with van der Waals surface area (Å²) in [6, 6.07) is 8.25. The number of nitrogens with one attached hydrogen (secondary N) is 2. The number of benzene rings is 1. The third-order valence-corrected chi connectivity index (χ3v) is 4.39. The molecule has 0 saturated carbocycles. The molecule has 0 heterocycles. The maximum absolute atomic E-state index is 5.81. The summed E-state index contributed by atoms with van der Waals surface area (Å²) in [6.45, 7) is 9.84. The molecule has 7 heteroatoms. The van der Waals surface area contributed by atoms with Crippen molar-refractivity contribution in [2.75, 3.05) is 51.8 Å². The first-order valence-electron chi connectivity index (χ1n) is 8.61. The molecule has 0 aromatic heterocycles. The summed E-state index contributed by atoms with van der Waals surface area (Å²) in [6.07, 6.45) is 2.10. The van der Waals surface area contributed by atoms with Gasteiger partial charge in [-0.05, 0) is 37.0 Å². The van der Waals surface area contributed by atoms with Gasteiger partial charge in [0.25, 0.3) is 0 Å². The van der Waals surface area contributed by atoms with Crippen LogP contribution in [0.2, 0.25) is 0 Å². The summed E-state index contributed by atoms with van der Waals surface area (Å²) in [5, 5.41) is 6.61. The molecule has 25 heavy (non-hydrogen) atoms. The van der Waals surface area contributed by atoms with Crippen LogP contribution in [0.5, 0.6) is 5.75 Å². The lowest BCUT2D eigenvalue weighted by Gasteiger charge is -2.18. The number of hydrogen-bond acceptors (Lipinski definition) is 4. The van der Waals surface area contributed by atoms with E-state index in [1.54, 1.807) is 7.05 Å². The van der Waals surface area contributed by atoms with Crippen molar-refractivity contribution < 1.29 is 4.74 Å². The Hall–Kier alpha value is -0.670. The fraction of sp³-hybridized carbons (Fsp3) is 0.611. The van der Waals surface area contributed by atoms with Gasteiger partial charge in [-0.25, -0.2) is 0 Å². The van der Waals surface area contributed by atoms with Gasteiger partial charge in [-0.1, -0.05) is 26.0 Å². The summed E-state index contributed by atoms with van der Waals surface area (Å²) in [7, 11) is 1.79. The van der Waals surface area contributed by atoms with Crippen LogP contribution >= 0.6 is 35.7 Å². The summed E-state index contributed by atoms with van der Waals surface area (Å²) < 4.78 is 5.81. The van der Waals surface area contributed by atoms with Crippen molar-refractivity contribution in [2.24, 2.45) is 4.99 Å². The number of likely N-dealkylation sites (N-methyl/N-ethyl adjacent to an activating group) is 1. The van der Waals surface area contributed by atoms with Gasteiger partial charge in [0.05, 0.1) is 0 Å². The zero-order valence-electron chi connectivity index (χ0n) is 15.9. The van der Waals surface area contributed by atoms with E-state index >= 15 is 0 Å². The second-order valence-corrected chi connectivity index (χ2v) is 6.35. The molecule has 0 aliphatic rings. The molecule has 0 atom stereocenters. The Morgan fingerprint density at radius 1 is 1.16 bits per heavy atom. The van der Waals surface area contributed by atoms with E-state index in [9.17, 15) is 0 Å². The van der Waals surface area contributed by atoms with E-state index in [4.69, 9.17) is 4.74 Å². The Kier molecular flexibility index (Phi) is 15.2. The lowest BCUT2D eigenvalue weighted by Crippen LogP contribution is -2.37. The molecular weight excluding hydrogens is 447 g/mol. The van der Waals surface area contributed by atoms with E-state index in [2.05, 4.69) is 52.8 Å². The minimum atomic E-state index is 0. The molecular formula is C18H33IN4OS. The normalized spacial score (nSPS) is 11.2. The maximum Gasteiger partial charge on any atom is 0.191 e. The van der Waals surface area contributed by atoms with E-state index in [1.165, 1.54) is 5.56 Å². The highest BCUT2D eigenvalue weighted by Gasteiger charge is 2.01. The van der Waals surface area contributed by atoms with Crippen LogP contribution in [0, 0.1) is 0 Å². The molecule has 0 saturated heterocycles. The number of hydrogen-bond donors (Lipinski definition) is 2. The van der Waals surface area contributed by atoms with Crippen LogP contribution in [0.15, 0.2) is 29.3 Å². The Bertz CT molecular complexity index is 467. The second-order valence-electron chi connectivity index (χ2n) is 5.36. The Balaban J connectivity index is 0.00000576. The molecule has 0 bridgehead atoms. The van der Waals surface area contributed by atoms with Gasteiger partial charge in [0, 0.05) is 32.4 Å². The van der Waals surface area contributed by atoms with E-state index in [1.807, 2.05) is 23.9 Å². The molecule has 1 aromatic rings. The van der Waals surface area contributed by atoms with Crippen LogP contribution in [0.1, 0.15) is 19.4 Å². The Morgan fingerprint density at radius 2 is 1.84 bits per heavy atom. The maximum atomic E-state index is 5.81. The van der Waals surface area contributed by atoms with Crippen molar-refractivity contribution in [2.45, 2.75) is 20.4 Å². The molecule has 1 aromatic carbocycles. The van der Waals surface area contributed by atoms with Crippen molar-refractivity contribution in [3.05, 3.63) is 29.8 Å². The molecule has 0 unspecified atom stereocenters. The third kappa shape index (κ3) is 10.8. The zero-order chi connectivity index (χ0) is 17.6. The molecule has 0 aliphatic heterocycles. The summed E-state index contributed by atoms with van der Waals surface area (Å²) >= 11 is 1.82. The molecule has 144 valence electrons. The predicted molar refractivity (Wildman–Crippen MR) is 122 cm³/mol.